The molecule has 2 N–H and O–H groups in total. The third-order valence-electron chi connectivity index (χ3n) is 4.38. The van der Waals surface area contributed by atoms with Crippen LogP contribution < -0.4 is 10.9 Å². The van der Waals surface area contributed by atoms with Crippen LogP contribution in [0, 0.1) is 0 Å². The monoisotopic (exact) mass is 360 g/mol. The van der Waals surface area contributed by atoms with Crippen molar-refractivity contribution >= 4 is 11.7 Å². The number of rotatable bonds is 5. The average Bonchev–Trinajstić information content (AvgIpc) is 3.13. The van der Waals surface area contributed by atoms with Crippen molar-refractivity contribution < 1.29 is 9.53 Å². The van der Waals surface area contributed by atoms with Crippen molar-refractivity contribution in [2.24, 2.45) is 7.05 Å². The highest BCUT2D eigenvalue weighted by Crippen LogP contribution is 2.15. The zero-order chi connectivity index (χ0) is 18.7. The van der Waals surface area contributed by atoms with E-state index in [0.717, 1.165) is 5.69 Å². The Bertz CT molecular complexity index is 828. The van der Waals surface area contributed by atoms with E-state index in [4.69, 9.17) is 4.74 Å². The summed E-state index contributed by atoms with van der Waals surface area (Å²) in [5.41, 5.74) is 1.15. The Balaban J connectivity index is 1.60. The first kappa shape index (κ1) is 18.1. The SMILES string of the molecule is CC(C)c1cc(C(=O)N2CCOC(CNc3nccn(C)c3=O)C2)n[nH]1. The number of amides is 1. The number of anilines is 1. The molecule has 3 heterocycles. The Hall–Kier alpha value is -2.68. The molecule has 1 saturated heterocycles. The lowest BCUT2D eigenvalue weighted by atomic mass is 10.1. The van der Waals surface area contributed by atoms with Gasteiger partial charge in [-0.1, -0.05) is 13.8 Å². The Kier molecular flexibility index (Phi) is 5.36. The highest BCUT2D eigenvalue weighted by Gasteiger charge is 2.26. The van der Waals surface area contributed by atoms with Crippen LogP contribution in [0.5, 0.6) is 0 Å². The first-order valence-electron chi connectivity index (χ1n) is 8.67. The number of ether oxygens (including phenoxy) is 1. The van der Waals surface area contributed by atoms with Crippen molar-refractivity contribution in [3.8, 4) is 0 Å². The molecule has 9 heteroatoms. The quantitative estimate of drug-likeness (QED) is 0.808. The molecule has 1 unspecified atom stereocenters. The van der Waals surface area contributed by atoms with E-state index in [1.807, 2.05) is 13.8 Å². The van der Waals surface area contributed by atoms with Gasteiger partial charge in [-0.05, 0) is 12.0 Å². The molecule has 2 aromatic rings. The highest BCUT2D eigenvalue weighted by atomic mass is 16.5. The topological polar surface area (TPSA) is 105 Å². The second-order valence-corrected chi connectivity index (χ2v) is 6.68. The van der Waals surface area contributed by atoms with Gasteiger partial charge in [0.15, 0.2) is 5.82 Å². The van der Waals surface area contributed by atoms with Crippen molar-refractivity contribution in [2.75, 3.05) is 31.6 Å². The summed E-state index contributed by atoms with van der Waals surface area (Å²) in [5, 5.41) is 10.0. The van der Waals surface area contributed by atoms with E-state index in [9.17, 15) is 9.59 Å². The Morgan fingerprint density at radius 2 is 2.31 bits per heavy atom. The lowest BCUT2D eigenvalue weighted by Crippen LogP contribution is -2.48. The van der Waals surface area contributed by atoms with Crippen LogP contribution in [0.4, 0.5) is 5.82 Å². The number of hydrogen-bond acceptors (Lipinski definition) is 6. The van der Waals surface area contributed by atoms with Crippen LogP contribution >= 0.6 is 0 Å². The fourth-order valence-electron chi connectivity index (χ4n) is 2.76. The summed E-state index contributed by atoms with van der Waals surface area (Å²) in [4.78, 5) is 30.4. The number of aromatic amines is 1. The molecule has 26 heavy (non-hydrogen) atoms. The van der Waals surface area contributed by atoms with Crippen molar-refractivity contribution in [1.29, 1.82) is 0 Å². The number of H-pyrrole nitrogens is 1. The molecule has 0 radical (unpaired) electrons. The Morgan fingerprint density at radius 3 is 3.04 bits per heavy atom. The molecule has 2 aromatic heterocycles. The van der Waals surface area contributed by atoms with Gasteiger partial charge in [-0.3, -0.25) is 14.7 Å². The number of aromatic nitrogens is 4. The second-order valence-electron chi connectivity index (χ2n) is 6.68. The van der Waals surface area contributed by atoms with Gasteiger partial charge in [-0.2, -0.15) is 5.10 Å². The van der Waals surface area contributed by atoms with E-state index in [2.05, 4.69) is 20.5 Å². The number of carbonyl (C=O) groups excluding carboxylic acids is 1. The van der Waals surface area contributed by atoms with Crippen LogP contribution in [0.2, 0.25) is 0 Å². The summed E-state index contributed by atoms with van der Waals surface area (Å²) in [6.45, 7) is 5.88. The average molecular weight is 360 g/mol. The molecular weight excluding hydrogens is 336 g/mol. The van der Waals surface area contributed by atoms with E-state index >= 15 is 0 Å². The largest absolute Gasteiger partial charge is 0.373 e. The van der Waals surface area contributed by atoms with E-state index in [0.29, 0.717) is 31.9 Å². The van der Waals surface area contributed by atoms with Gasteiger partial charge >= 0.3 is 0 Å². The van der Waals surface area contributed by atoms with Gasteiger partial charge in [0, 0.05) is 44.8 Å². The fourth-order valence-corrected chi connectivity index (χ4v) is 2.76. The van der Waals surface area contributed by atoms with E-state index in [-0.39, 0.29) is 29.3 Å². The molecule has 3 rings (SSSR count). The summed E-state index contributed by atoms with van der Waals surface area (Å²) in [5.74, 6) is 0.442. The third-order valence-corrected chi connectivity index (χ3v) is 4.38. The molecule has 9 nitrogen and oxygen atoms in total. The molecule has 1 atom stereocenters. The smallest absolute Gasteiger partial charge is 0.293 e. The molecule has 0 spiro atoms. The summed E-state index contributed by atoms with van der Waals surface area (Å²) in [7, 11) is 1.67. The van der Waals surface area contributed by atoms with Crippen LogP contribution in [0.15, 0.2) is 23.3 Å². The second kappa shape index (κ2) is 7.69. The van der Waals surface area contributed by atoms with Gasteiger partial charge < -0.3 is 19.5 Å². The number of nitrogens with one attached hydrogen (secondary N) is 2. The first-order chi connectivity index (χ1) is 12.5. The first-order valence-corrected chi connectivity index (χ1v) is 8.67. The molecule has 0 saturated carbocycles. The number of carbonyl (C=O) groups is 1. The third kappa shape index (κ3) is 3.93. The maximum Gasteiger partial charge on any atom is 0.293 e. The van der Waals surface area contributed by atoms with Crippen molar-refractivity contribution in [1.82, 2.24) is 24.6 Å². The predicted octanol–water partition coefficient (Wildman–Crippen LogP) is 0.580. The minimum absolute atomic E-state index is 0.116. The molecule has 1 aliphatic rings. The van der Waals surface area contributed by atoms with Gasteiger partial charge in [-0.15, -0.1) is 0 Å². The van der Waals surface area contributed by atoms with Gasteiger partial charge in [0.05, 0.1) is 12.7 Å². The van der Waals surface area contributed by atoms with Crippen LogP contribution in [-0.2, 0) is 11.8 Å². The van der Waals surface area contributed by atoms with Gasteiger partial charge in [0.25, 0.3) is 11.5 Å². The van der Waals surface area contributed by atoms with Gasteiger partial charge in [0.2, 0.25) is 0 Å². The van der Waals surface area contributed by atoms with Crippen LogP contribution in [0.3, 0.4) is 0 Å². The lowest BCUT2D eigenvalue weighted by Gasteiger charge is -2.32. The molecule has 1 amide bonds. The minimum atomic E-state index is -0.220. The molecule has 140 valence electrons. The zero-order valence-corrected chi connectivity index (χ0v) is 15.2. The van der Waals surface area contributed by atoms with Gasteiger partial charge in [0.1, 0.15) is 5.69 Å². The van der Waals surface area contributed by atoms with Gasteiger partial charge in [-0.25, -0.2) is 4.98 Å². The molecular formula is C17H24N6O3. The maximum absolute atomic E-state index is 12.7. The van der Waals surface area contributed by atoms with E-state index in [1.54, 1.807) is 30.4 Å². The molecule has 0 bridgehead atoms. The highest BCUT2D eigenvalue weighted by molar-refractivity contribution is 5.92. The predicted molar refractivity (Wildman–Crippen MR) is 96.3 cm³/mol. The van der Waals surface area contributed by atoms with Crippen LogP contribution in [0.1, 0.15) is 35.9 Å². The van der Waals surface area contributed by atoms with Crippen molar-refractivity contribution in [3.05, 3.63) is 40.2 Å². The van der Waals surface area contributed by atoms with Crippen LogP contribution in [-0.4, -0.2) is 62.9 Å². The maximum atomic E-state index is 12.7. The standard InChI is InChI=1S/C17H24N6O3/c1-11(2)13-8-14(21-20-13)16(24)23-6-7-26-12(10-23)9-19-15-17(25)22(3)5-4-18-15/h4-5,8,11-12H,6-7,9-10H2,1-3H3,(H,18,19)(H,20,21). The summed E-state index contributed by atoms with van der Waals surface area (Å²) < 4.78 is 7.16. The van der Waals surface area contributed by atoms with Crippen molar-refractivity contribution in [3.63, 3.8) is 0 Å². The minimum Gasteiger partial charge on any atom is -0.373 e. The fraction of sp³-hybridized carbons (Fsp3) is 0.529. The zero-order valence-electron chi connectivity index (χ0n) is 15.2. The molecule has 1 aliphatic heterocycles. The number of morpholine rings is 1. The molecule has 1 fully saturated rings. The number of aryl methyl sites for hydroxylation is 1. The number of hydrogen-bond donors (Lipinski definition) is 2. The number of nitrogens with zero attached hydrogens (tertiary/aromatic N) is 4. The Labute approximate surface area is 151 Å². The summed E-state index contributed by atoms with van der Waals surface area (Å²) in [6.07, 6.45) is 2.94. The van der Waals surface area contributed by atoms with Crippen molar-refractivity contribution in [2.45, 2.75) is 25.9 Å². The Morgan fingerprint density at radius 1 is 1.50 bits per heavy atom. The van der Waals surface area contributed by atoms with E-state index < -0.39 is 0 Å². The molecule has 0 aromatic carbocycles. The summed E-state index contributed by atoms with van der Waals surface area (Å²) >= 11 is 0. The lowest BCUT2D eigenvalue weighted by molar-refractivity contribution is -0.0152. The van der Waals surface area contributed by atoms with Crippen LogP contribution in [0.25, 0.3) is 0 Å². The summed E-state index contributed by atoms with van der Waals surface area (Å²) in [6, 6.07) is 1.80. The molecule has 0 aliphatic carbocycles. The van der Waals surface area contributed by atoms with E-state index in [1.165, 1.54) is 4.57 Å². The normalized spacial score (nSPS) is 17.5.